The highest BCUT2D eigenvalue weighted by Gasteiger charge is 2.59. The Morgan fingerprint density at radius 3 is 1.61 bits per heavy atom. The molecule has 5 fully saturated rings. The number of aliphatic hydroxyl groups is 2. The highest BCUT2D eigenvalue weighted by molar-refractivity contribution is 5.00. The van der Waals surface area contributed by atoms with Crippen LogP contribution in [-0.2, 0) is 33.2 Å². The molecule has 0 spiro atoms. The summed E-state index contributed by atoms with van der Waals surface area (Å²) >= 11 is 0. The lowest BCUT2D eigenvalue weighted by Gasteiger charge is -2.30. The van der Waals surface area contributed by atoms with Crippen LogP contribution in [0.1, 0.15) is 74.7 Å². The molecule has 2 N–H and O–H groups in total. The maximum Gasteiger partial charge on any atom is 0.190 e. The smallest absolute Gasteiger partial charge is 0.190 e. The zero-order valence-electron chi connectivity index (χ0n) is 21.5. The summed E-state index contributed by atoms with van der Waals surface area (Å²) < 4.78 is 38.7. The van der Waals surface area contributed by atoms with E-state index in [9.17, 15) is 5.11 Å². The van der Waals surface area contributed by atoms with Crippen molar-refractivity contribution in [1.82, 2.24) is 0 Å². The predicted molar refractivity (Wildman–Crippen MR) is 119 cm³/mol. The molecule has 0 aliphatic carbocycles. The molecule has 5 saturated heterocycles. The van der Waals surface area contributed by atoms with Gasteiger partial charge in [0.25, 0.3) is 0 Å². The maximum atomic E-state index is 9.86. The number of fused-ring (bicyclic) bond motifs is 2. The van der Waals surface area contributed by atoms with Gasteiger partial charge in [0.1, 0.15) is 23.9 Å². The summed E-state index contributed by atoms with van der Waals surface area (Å²) in [6, 6.07) is 0. The molecule has 8 atom stereocenters. The van der Waals surface area contributed by atoms with Crippen LogP contribution in [0.25, 0.3) is 0 Å². The van der Waals surface area contributed by atoms with E-state index in [0.717, 1.165) is 19.6 Å². The number of rotatable bonds is 2. The van der Waals surface area contributed by atoms with Crippen molar-refractivity contribution in [2.45, 2.75) is 128 Å². The fraction of sp³-hybridized carbons (Fsp3) is 1.00. The van der Waals surface area contributed by atoms with Gasteiger partial charge < -0.3 is 43.4 Å². The van der Waals surface area contributed by atoms with Crippen LogP contribution in [0.4, 0.5) is 0 Å². The van der Waals surface area contributed by atoms with Crippen LogP contribution in [0.2, 0.25) is 0 Å². The van der Waals surface area contributed by atoms with Crippen LogP contribution in [0.5, 0.6) is 0 Å². The van der Waals surface area contributed by atoms with E-state index in [1.165, 1.54) is 12.8 Å². The van der Waals surface area contributed by atoms with Crippen molar-refractivity contribution >= 4 is 0 Å². The second-order valence-electron chi connectivity index (χ2n) is 10.9. The lowest BCUT2D eigenvalue weighted by Crippen LogP contribution is -2.45. The van der Waals surface area contributed by atoms with Crippen molar-refractivity contribution in [3.63, 3.8) is 0 Å². The summed E-state index contributed by atoms with van der Waals surface area (Å²) in [4.78, 5) is 0. The van der Waals surface area contributed by atoms with Crippen LogP contribution in [-0.4, -0.2) is 83.7 Å². The summed E-state index contributed by atoms with van der Waals surface area (Å²) in [7, 11) is 0. The zero-order valence-corrected chi connectivity index (χ0v) is 21.5. The molecule has 9 nitrogen and oxygen atoms in total. The quantitative estimate of drug-likeness (QED) is 0.622. The molecule has 0 radical (unpaired) electrons. The Morgan fingerprint density at radius 2 is 1.21 bits per heavy atom. The Balaban J connectivity index is 0.000000154. The molecular weight excluding hydrogens is 432 g/mol. The lowest BCUT2D eigenvalue weighted by atomic mass is 9.87. The monoisotopic (exact) mass is 476 g/mol. The van der Waals surface area contributed by atoms with Gasteiger partial charge in [-0.3, -0.25) is 0 Å². The molecule has 0 bridgehead atoms. The van der Waals surface area contributed by atoms with E-state index in [4.69, 9.17) is 38.3 Å². The molecule has 0 aromatic rings. The molecule has 0 saturated carbocycles. The van der Waals surface area contributed by atoms with Crippen LogP contribution in [0.15, 0.2) is 0 Å². The maximum absolute atomic E-state index is 9.86. The van der Waals surface area contributed by atoms with Gasteiger partial charge in [-0.2, -0.15) is 0 Å². The Labute approximate surface area is 197 Å². The molecule has 5 aliphatic heterocycles. The van der Waals surface area contributed by atoms with Crippen LogP contribution in [0.3, 0.4) is 0 Å². The van der Waals surface area contributed by atoms with Crippen LogP contribution in [0, 0.1) is 5.92 Å². The van der Waals surface area contributed by atoms with E-state index in [-0.39, 0.29) is 24.6 Å². The van der Waals surface area contributed by atoms with Gasteiger partial charge in [-0.15, -0.1) is 0 Å². The second-order valence-corrected chi connectivity index (χ2v) is 10.9. The first-order valence-electron chi connectivity index (χ1n) is 12.2. The fourth-order valence-corrected chi connectivity index (χ4v) is 4.70. The van der Waals surface area contributed by atoms with Gasteiger partial charge >= 0.3 is 0 Å². The molecule has 194 valence electrons. The van der Waals surface area contributed by atoms with Gasteiger partial charge in [-0.05, 0) is 60.8 Å². The normalized spacial score (nSPS) is 46.7. The van der Waals surface area contributed by atoms with Crippen LogP contribution < -0.4 is 0 Å². The van der Waals surface area contributed by atoms with Crippen LogP contribution >= 0.6 is 0 Å². The second kappa shape index (κ2) is 9.95. The van der Waals surface area contributed by atoms with Crippen molar-refractivity contribution < 1.29 is 43.4 Å². The molecule has 5 rings (SSSR count). The molecule has 5 heterocycles. The van der Waals surface area contributed by atoms with E-state index in [0.29, 0.717) is 5.92 Å². The van der Waals surface area contributed by atoms with E-state index < -0.39 is 35.7 Å². The first kappa shape index (κ1) is 27.2. The lowest BCUT2D eigenvalue weighted by molar-refractivity contribution is -0.241. The largest absolute Gasteiger partial charge is 0.393 e. The van der Waals surface area contributed by atoms with Gasteiger partial charge in [0.15, 0.2) is 24.2 Å². The number of hydrogen-bond acceptors (Lipinski definition) is 9. The fourth-order valence-electron chi connectivity index (χ4n) is 4.70. The third-order valence-corrected chi connectivity index (χ3v) is 7.18. The van der Waals surface area contributed by atoms with Crippen molar-refractivity contribution in [2.75, 3.05) is 19.8 Å². The van der Waals surface area contributed by atoms with Crippen molar-refractivity contribution in [3.8, 4) is 0 Å². The van der Waals surface area contributed by atoms with Gasteiger partial charge in [0.2, 0.25) is 0 Å². The van der Waals surface area contributed by atoms with Gasteiger partial charge in [-0.1, -0.05) is 13.8 Å². The number of ether oxygens (including phenoxy) is 7. The van der Waals surface area contributed by atoms with Crippen molar-refractivity contribution in [1.29, 1.82) is 0 Å². The molecule has 9 heteroatoms. The zero-order chi connectivity index (χ0) is 24.7. The van der Waals surface area contributed by atoms with Gasteiger partial charge in [-0.25, -0.2) is 0 Å². The Bertz CT molecular complexity index is 594. The number of hydrogen-bond donors (Lipinski definition) is 2. The molecule has 5 aliphatic rings. The highest BCUT2D eigenvalue weighted by Crippen LogP contribution is 2.46. The van der Waals surface area contributed by atoms with Crippen molar-refractivity contribution in [2.24, 2.45) is 5.92 Å². The Morgan fingerprint density at radius 1 is 0.727 bits per heavy atom. The predicted octanol–water partition coefficient (Wildman–Crippen LogP) is 2.70. The molecule has 0 aromatic carbocycles. The summed E-state index contributed by atoms with van der Waals surface area (Å²) in [5.41, 5.74) is -1.07. The molecule has 0 amide bonds. The topological polar surface area (TPSA) is 105 Å². The molecular formula is C24H44O9. The molecule has 33 heavy (non-hydrogen) atoms. The minimum absolute atomic E-state index is 0.0914. The summed E-state index contributed by atoms with van der Waals surface area (Å²) in [6.45, 7) is 17.2. The van der Waals surface area contributed by atoms with Gasteiger partial charge in [0, 0.05) is 19.1 Å². The first-order valence-corrected chi connectivity index (χ1v) is 12.2. The third kappa shape index (κ3) is 5.90. The SMILES string of the molecule is C1CCOC1.CC1(C)O[C@H]2O[C@](C)(CO)[C@@H](O)[C@H]2O1.CC[C@@]1(C)O[C@@H]2OC(C)(C)O[C@@H]2[C@@H]1C. The highest BCUT2D eigenvalue weighted by atomic mass is 16.8. The first-order chi connectivity index (χ1) is 15.3. The molecule has 0 unspecified atom stereocenters. The van der Waals surface area contributed by atoms with E-state index >= 15 is 0 Å². The Hall–Kier alpha value is -0.360. The summed E-state index contributed by atoms with van der Waals surface area (Å²) in [5, 5.41) is 18.9. The summed E-state index contributed by atoms with van der Waals surface area (Å²) in [6.07, 6.45) is 1.51. The number of aliphatic hydroxyl groups excluding tert-OH is 2. The summed E-state index contributed by atoms with van der Waals surface area (Å²) in [5.74, 6) is -0.828. The molecule has 0 aromatic heterocycles. The van der Waals surface area contributed by atoms with Crippen molar-refractivity contribution in [3.05, 3.63) is 0 Å². The standard InChI is InChI=1S/C11H20O3.C9H16O5.C4H8O/c1-6-11(5)7(2)8-9(14-11)13-10(3,4)12-8;1-8(2)12-5-6(11)9(3,4-10)14-7(5)13-8;1-2-4-5-3-1/h7-9H,6H2,1-5H3;5-7,10-11H,4H2,1-3H3;1-4H2/t7-,8+,9-,11+;5-,6+,7+,9-;/m01./s1. The Kier molecular flexibility index (Phi) is 8.21. The third-order valence-electron chi connectivity index (χ3n) is 7.18. The van der Waals surface area contributed by atoms with E-state index in [1.807, 2.05) is 13.8 Å². The average Bonchev–Trinajstić information content (AvgIpc) is 3.52. The van der Waals surface area contributed by atoms with E-state index in [2.05, 4.69) is 20.8 Å². The van der Waals surface area contributed by atoms with Gasteiger partial charge in [0.05, 0.1) is 12.2 Å². The minimum atomic E-state index is -0.980. The minimum Gasteiger partial charge on any atom is -0.393 e. The van der Waals surface area contributed by atoms with E-state index in [1.54, 1.807) is 20.8 Å². The average molecular weight is 477 g/mol.